The summed E-state index contributed by atoms with van der Waals surface area (Å²) in [6.45, 7) is 8.72. The Morgan fingerprint density at radius 2 is 2.09 bits per heavy atom. The maximum atomic E-state index is 4.73. The highest BCUT2D eigenvalue weighted by Gasteiger charge is 2.25. The number of nitrogens with one attached hydrogen (secondary N) is 1. The van der Waals surface area contributed by atoms with E-state index >= 15 is 0 Å². The molecule has 1 fully saturated rings. The third-order valence-electron chi connectivity index (χ3n) is 4.24. The molecule has 0 aromatic carbocycles. The Kier molecular flexibility index (Phi) is 4.81. The molecule has 0 spiro atoms. The summed E-state index contributed by atoms with van der Waals surface area (Å²) in [7, 11) is 0. The van der Waals surface area contributed by atoms with E-state index < -0.39 is 0 Å². The van der Waals surface area contributed by atoms with E-state index in [1.165, 1.54) is 13.0 Å². The number of rotatable bonds is 4. The smallest absolute Gasteiger partial charge is 0.150 e. The fourth-order valence-electron chi connectivity index (χ4n) is 3.02. The minimum absolute atomic E-state index is 0.397. The van der Waals surface area contributed by atoms with E-state index in [1.54, 1.807) is 18.6 Å². The zero-order valence-corrected chi connectivity index (χ0v) is 14.0. The number of aromatic nitrogens is 4. The lowest BCUT2D eigenvalue weighted by Gasteiger charge is -2.34. The molecule has 1 saturated heterocycles. The van der Waals surface area contributed by atoms with Crippen molar-refractivity contribution >= 4 is 11.6 Å². The fourth-order valence-corrected chi connectivity index (χ4v) is 3.02. The van der Waals surface area contributed by atoms with Gasteiger partial charge in [-0.15, -0.1) is 0 Å². The number of piperidine rings is 1. The van der Waals surface area contributed by atoms with E-state index in [-0.39, 0.29) is 0 Å². The SMILES string of the molecule is Cc1cc(Nc2cnccn2)nc(C2CCCN(C(C)C)C2)n1. The molecule has 1 aliphatic rings. The molecule has 1 atom stereocenters. The van der Waals surface area contributed by atoms with Crippen LogP contribution >= 0.6 is 0 Å². The first-order chi connectivity index (χ1) is 11.1. The average Bonchev–Trinajstić information content (AvgIpc) is 2.55. The Morgan fingerprint density at radius 3 is 2.83 bits per heavy atom. The summed E-state index contributed by atoms with van der Waals surface area (Å²) in [4.78, 5) is 20.2. The van der Waals surface area contributed by atoms with Crippen molar-refractivity contribution in [2.75, 3.05) is 18.4 Å². The van der Waals surface area contributed by atoms with Crippen molar-refractivity contribution in [1.29, 1.82) is 0 Å². The van der Waals surface area contributed by atoms with Crippen LogP contribution in [0.4, 0.5) is 11.6 Å². The van der Waals surface area contributed by atoms with Crippen molar-refractivity contribution < 1.29 is 0 Å². The molecule has 0 bridgehead atoms. The normalized spacial score (nSPS) is 19.0. The van der Waals surface area contributed by atoms with Crippen LogP contribution < -0.4 is 5.32 Å². The topological polar surface area (TPSA) is 66.8 Å². The van der Waals surface area contributed by atoms with E-state index in [0.29, 0.717) is 17.8 Å². The van der Waals surface area contributed by atoms with Crippen molar-refractivity contribution in [2.24, 2.45) is 0 Å². The highest BCUT2D eigenvalue weighted by Crippen LogP contribution is 2.27. The molecule has 0 saturated carbocycles. The van der Waals surface area contributed by atoms with Crippen LogP contribution in [-0.4, -0.2) is 44.0 Å². The largest absolute Gasteiger partial charge is 0.324 e. The summed E-state index contributed by atoms with van der Waals surface area (Å²) in [5, 5.41) is 3.22. The van der Waals surface area contributed by atoms with Gasteiger partial charge < -0.3 is 10.2 Å². The number of anilines is 2. The van der Waals surface area contributed by atoms with Crippen LogP contribution in [0.25, 0.3) is 0 Å². The Labute approximate surface area is 137 Å². The quantitative estimate of drug-likeness (QED) is 0.936. The van der Waals surface area contributed by atoms with Gasteiger partial charge in [0.15, 0.2) is 0 Å². The zero-order valence-electron chi connectivity index (χ0n) is 14.0. The Balaban J connectivity index is 1.80. The van der Waals surface area contributed by atoms with Crippen LogP contribution in [0.5, 0.6) is 0 Å². The highest BCUT2D eigenvalue weighted by atomic mass is 15.2. The molecule has 0 amide bonds. The number of likely N-dealkylation sites (tertiary alicyclic amines) is 1. The summed E-state index contributed by atoms with van der Waals surface area (Å²) in [6, 6.07) is 2.51. The number of hydrogen-bond donors (Lipinski definition) is 1. The predicted molar refractivity (Wildman–Crippen MR) is 90.8 cm³/mol. The minimum atomic E-state index is 0.397. The summed E-state index contributed by atoms with van der Waals surface area (Å²) in [6.07, 6.45) is 7.37. The first kappa shape index (κ1) is 15.8. The zero-order chi connectivity index (χ0) is 16.2. The summed E-state index contributed by atoms with van der Waals surface area (Å²) >= 11 is 0. The van der Waals surface area contributed by atoms with Gasteiger partial charge in [0.2, 0.25) is 0 Å². The monoisotopic (exact) mass is 312 g/mol. The second kappa shape index (κ2) is 7.00. The highest BCUT2D eigenvalue weighted by molar-refractivity contribution is 5.50. The van der Waals surface area contributed by atoms with Gasteiger partial charge in [-0.2, -0.15) is 0 Å². The Bertz CT molecular complexity index is 643. The lowest BCUT2D eigenvalue weighted by Crippen LogP contribution is -2.39. The van der Waals surface area contributed by atoms with Gasteiger partial charge in [0.1, 0.15) is 17.5 Å². The first-order valence-electron chi connectivity index (χ1n) is 8.24. The van der Waals surface area contributed by atoms with Gasteiger partial charge in [-0.05, 0) is 40.2 Å². The molecule has 3 rings (SSSR count). The molecule has 1 aliphatic heterocycles. The lowest BCUT2D eigenvalue weighted by atomic mass is 9.96. The molecule has 1 unspecified atom stereocenters. The van der Waals surface area contributed by atoms with Gasteiger partial charge >= 0.3 is 0 Å². The van der Waals surface area contributed by atoms with Crippen LogP contribution in [0.1, 0.15) is 44.1 Å². The van der Waals surface area contributed by atoms with Crippen LogP contribution in [0.2, 0.25) is 0 Å². The van der Waals surface area contributed by atoms with Gasteiger partial charge in [0, 0.05) is 42.7 Å². The van der Waals surface area contributed by atoms with Gasteiger partial charge in [0.05, 0.1) is 6.20 Å². The third kappa shape index (κ3) is 4.01. The summed E-state index contributed by atoms with van der Waals surface area (Å²) in [5.74, 6) is 2.81. The van der Waals surface area contributed by atoms with Crippen molar-refractivity contribution in [2.45, 2.75) is 45.6 Å². The van der Waals surface area contributed by atoms with Crippen molar-refractivity contribution in [3.8, 4) is 0 Å². The Hall–Kier alpha value is -2.08. The Morgan fingerprint density at radius 1 is 1.22 bits per heavy atom. The second-order valence-electron chi connectivity index (χ2n) is 6.40. The molecule has 1 N–H and O–H groups in total. The lowest BCUT2D eigenvalue weighted by molar-refractivity contribution is 0.165. The number of nitrogens with zero attached hydrogens (tertiary/aromatic N) is 5. The fraction of sp³-hybridized carbons (Fsp3) is 0.529. The predicted octanol–water partition coefficient (Wildman–Crippen LogP) is 2.91. The standard InChI is InChI=1S/C17H24N6/c1-12(2)23-8-4-5-14(11-23)17-20-13(3)9-15(22-17)21-16-10-18-6-7-19-16/h6-7,9-10,12,14H,4-5,8,11H2,1-3H3,(H,19,20,21,22). The van der Waals surface area contributed by atoms with Crippen molar-refractivity contribution in [3.63, 3.8) is 0 Å². The minimum Gasteiger partial charge on any atom is -0.324 e. The molecule has 122 valence electrons. The first-order valence-corrected chi connectivity index (χ1v) is 8.24. The van der Waals surface area contributed by atoms with Crippen LogP contribution in [-0.2, 0) is 0 Å². The molecule has 2 aromatic heterocycles. The molecule has 2 aromatic rings. The van der Waals surface area contributed by atoms with Crippen LogP contribution in [0, 0.1) is 6.92 Å². The van der Waals surface area contributed by atoms with Gasteiger partial charge in [-0.25, -0.2) is 15.0 Å². The summed E-state index contributed by atoms with van der Waals surface area (Å²) in [5.41, 5.74) is 0.975. The number of hydrogen-bond acceptors (Lipinski definition) is 6. The third-order valence-corrected chi connectivity index (χ3v) is 4.24. The van der Waals surface area contributed by atoms with Crippen LogP contribution in [0.15, 0.2) is 24.7 Å². The van der Waals surface area contributed by atoms with E-state index in [2.05, 4.69) is 39.0 Å². The second-order valence-corrected chi connectivity index (χ2v) is 6.40. The summed E-state index contributed by atoms with van der Waals surface area (Å²) < 4.78 is 0. The van der Waals surface area contributed by atoms with E-state index in [1.807, 2.05) is 13.0 Å². The molecule has 6 heteroatoms. The molecule has 3 heterocycles. The van der Waals surface area contributed by atoms with E-state index in [4.69, 9.17) is 4.98 Å². The average molecular weight is 312 g/mol. The van der Waals surface area contributed by atoms with Crippen molar-refractivity contribution in [1.82, 2.24) is 24.8 Å². The van der Waals surface area contributed by atoms with Crippen LogP contribution in [0.3, 0.4) is 0 Å². The maximum Gasteiger partial charge on any atom is 0.150 e. The van der Waals surface area contributed by atoms with Gasteiger partial charge in [0.25, 0.3) is 0 Å². The van der Waals surface area contributed by atoms with Gasteiger partial charge in [-0.1, -0.05) is 0 Å². The molecule has 0 aliphatic carbocycles. The molecule has 23 heavy (non-hydrogen) atoms. The molecule has 0 radical (unpaired) electrons. The maximum absolute atomic E-state index is 4.73. The number of aryl methyl sites for hydroxylation is 1. The molecular formula is C17H24N6. The van der Waals surface area contributed by atoms with Crippen molar-refractivity contribution in [3.05, 3.63) is 36.2 Å². The molecule has 6 nitrogen and oxygen atoms in total. The van der Waals surface area contributed by atoms with E-state index in [9.17, 15) is 0 Å². The van der Waals surface area contributed by atoms with Gasteiger partial charge in [-0.3, -0.25) is 4.98 Å². The van der Waals surface area contributed by atoms with E-state index in [0.717, 1.165) is 30.3 Å². The molecular weight excluding hydrogens is 288 g/mol.